The molecule has 0 fully saturated rings. The molecular formula is C14H20BrN5. The first kappa shape index (κ1) is 15.1. The molecule has 108 valence electrons. The summed E-state index contributed by atoms with van der Waals surface area (Å²) in [6.07, 6.45) is 2.88. The highest BCUT2D eigenvalue weighted by atomic mass is 79.9. The van der Waals surface area contributed by atoms with Crippen LogP contribution in [0.1, 0.15) is 24.7 Å². The highest BCUT2D eigenvalue weighted by Gasteiger charge is 2.13. The number of rotatable bonds is 7. The van der Waals surface area contributed by atoms with Crippen molar-refractivity contribution in [3.05, 3.63) is 40.1 Å². The van der Waals surface area contributed by atoms with Crippen molar-refractivity contribution in [1.82, 2.24) is 25.5 Å². The third-order valence-electron chi connectivity index (χ3n) is 3.06. The smallest absolute Gasteiger partial charge is 0.176 e. The molecule has 0 aliphatic carbocycles. The zero-order valence-corrected chi connectivity index (χ0v) is 13.5. The maximum Gasteiger partial charge on any atom is 0.176 e. The molecule has 2 aromatic rings. The van der Waals surface area contributed by atoms with Crippen molar-refractivity contribution in [3.8, 4) is 0 Å². The monoisotopic (exact) mass is 337 g/mol. The van der Waals surface area contributed by atoms with E-state index in [1.54, 1.807) is 7.05 Å². The number of hydrogen-bond acceptors (Lipinski definition) is 4. The van der Waals surface area contributed by atoms with Gasteiger partial charge in [-0.1, -0.05) is 35.0 Å². The third kappa shape index (κ3) is 4.68. The van der Waals surface area contributed by atoms with Crippen molar-refractivity contribution in [3.63, 3.8) is 0 Å². The maximum absolute atomic E-state index is 4.26. The second-order valence-corrected chi connectivity index (χ2v) is 5.80. The molecule has 1 heterocycles. The van der Waals surface area contributed by atoms with E-state index in [0.717, 1.165) is 36.1 Å². The van der Waals surface area contributed by atoms with Gasteiger partial charge in [0.05, 0.1) is 7.05 Å². The van der Waals surface area contributed by atoms with Crippen molar-refractivity contribution in [2.75, 3.05) is 6.54 Å². The molecule has 1 unspecified atom stereocenters. The van der Waals surface area contributed by atoms with Gasteiger partial charge in [0.25, 0.3) is 0 Å². The van der Waals surface area contributed by atoms with Crippen LogP contribution in [0, 0.1) is 0 Å². The Morgan fingerprint density at radius 1 is 1.25 bits per heavy atom. The van der Waals surface area contributed by atoms with Crippen molar-refractivity contribution >= 4 is 15.9 Å². The molecule has 0 aliphatic heterocycles. The maximum atomic E-state index is 4.26. The number of nitrogens with one attached hydrogen (secondary N) is 1. The van der Waals surface area contributed by atoms with Gasteiger partial charge in [-0.05, 0) is 42.3 Å². The number of hydrogen-bond donors (Lipinski definition) is 1. The summed E-state index contributed by atoms with van der Waals surface area (Å²) in [5.41, 5.74) is 1.31. The Morgan fingerprint density at radius 2 is 2.00 bits per heavy atom. The number of aryl methyl sites for hydroxylation is 1. The van der Waals surface area contributed by atoms with E-state index < -0.39 is 0 Å². The highest BCUT2D eigenvalue weighted by Crippen LogP contribution is 2.13. The van der Waals surface area contributed by atoms with Gasteiger partial charge in [0.2, 0.25) is 0 Å². The molecular weight excluding hydrogens is 318 g/mol. The first-order valence-corrected chi connectivity index (χ1v) is 7.67. The second-order valence-electron chi connectivity index (χ2n) is 4.88. The van der Waals surface area contributed by atoms with Gasteiger partial charge in [0.1, 0.15) is 0 Å². The number of halogens is 1. The lowest BCUT2D eigenvalue weighted by atomic mass is 10.0. The van der Waals surface area contributed by atoms with Crippen molar-refractivity contribution in [2.24, 2.45) is 7.05 Å². The standard InChI is InChI=1S/C14H20BrN5/c1-3-8-16-13(10-14-17-19-20(2)18-14)9-11-4-6-12(15)7-5-11/h4-7,13,16H,3,8-10H2,1-2H3. The predicted octanol–water partition coefficient (Wildman–Crippen LogP) is 2.13. The number of aromatic nitrogens is 4. The van der Waals surface area contributed by atoms with Gasteiger partial charge >= 0.3 is 0 Å². The Bertz CT molecular complexity index is 523. The van der Waals surface area contributed by atoms with Crippen LogP contribution in [-0.2, 0) is 19.9 Å². The molecule has 1 aromatic carbocycles. The van der Waals surface area contributed by atoms with Crippen LogP contribution in [0.2, 0.25) is 0 Å². The molecule has 1 N–H and O–H groups in total. The fraction of sp³-hybridized carbons (Fsp3) is 0.500. The van der Waals surface area contributed by atoms with Gasteiger partial charge in [0.15, 0.2) is 5.82 Å². The molecule has 20 heavy (non-hydrogen) atoms. The summed E-state index contributed by atoms with van der Waals surface area (Å²) in [5.74, 6) is 0.790. The molecule has 0 aliphatic rings. The molecule has 1 atom stereocenters. The van der Waals surface area contributed by atoms with Crippen LogP contribution in [0.5, 0.6) is 0 Å². The Balaban J connectivity index is 2.00. The van der Waals surface area contributed by atoms with Crippen LogP contribution < -0.4 is 5.32 Å². The minimum absolute atomic E-state index is 0.334. The first-order valence-electron chi connectivity index (χ1n) is 6.88. The average Bonchev–Trinajstić information content (AvgIpc) is 2.84. The topological polar surface area (TPSA) is 55.6 Å². The van der Waals surface area contributed by atoms with Crippen LogP contribution in [0.25, 0.3) is 0 Å². The van der Waals surface area contributed by atoms with E-state index in [2.05, 4.69) is 67.8 Å². The first-order chi connectivity index (χ1) is 9.67. The minimum Gasteiger partial charge on any atom is -0.313 e. The summed E-state index contributed by atoms with van der Waals surface area (Å²) in [6.45, 7) is 3.17. The Morgan fingerprint density at radius 3 is 2.60 bits per heavy atom. The van der Waals surface area contributed by atoms with Crippen LogP contribution in [0.4, 0.5) is 0 Å². The summed E-state index contributed by atoms with van der Waals surface area (Å²) in [7, 11) is 1.79. The Kier molecular flexibility index (Phi) is 5.67. The molecule has 0 amide bonds. The summed E-state index contributed by atoms with van der Waals surface area (Å²) >= 11 is 3.46. The largest absolute Gasteiger partial charge is 0.313 e. The molecule has 6 heteroatoms. The van der Waals surface area contributed by atoms with Crippen LogP contribution in [-0.4, -0.2) is 32.8 Å². The number of benzene rings is 1. The highest BCUT2D eigenvalue weighted by molar-refractivity contribution is 9.10. The minimum atomic E-state index is 0.334. The van der Waals surface area contributed by atoms with Gasteiger partial charge in [-0.2, -0.15) is 4.80 Å². The fourth-order valence-electron chi connectivity index (χ4n) is 2.10. The van der Waals surface area contributed by atoms with E-state index in [1.807, 2.05) is 0 Å². The summed E-state index contributed by atoms with van der Waals surface area (Å²) in [5, 5.41) is 15.8. The summed E-state index contributed by atoms with van der Waals surface area (Å²) < 4.78 is 1.11. The molecule has 2 rings (SSSR count). The van der Waals surface area contributed by atoms with Crippen molar-refractivity contribution < 1.29 is 0 Å². The average molecular weight is 338 g/mol. The van der Waals surface area contributed by atoms with E-state index in [0.29, 0.717) is 6.04 Å². The van der Waals surface area contributed by atoms with Gasteiger partial charge in [0, 0.05) is 16.9 Å². The lowest BCUT2D eigenvalue weighted by molar-refractivity contribution is 0.494. The van der Waals surface area contributed by atoms with Crippen LogP contribution in [0.3, 0.4) is 0 Å². The molecule has 0 spiro atoms. The van der Waals surface area contributed by atoms with Gasteiger partial charge in [-0.3, -0.25) is 0 Å². The van der Waals surface area contributed by atoms with E-state index >= 15 is 0 Å². The van der Waals surface area contributed by atoms with E-state index in [1.165, 1.54) is 10.4 Å². The third-order valence-corrected chi connectivity index (χ3v) is 3.59. The van der Waals surface area contributed by atoms with Crippen LogP contribution in [0.15, 0.2) is 28.7 Å². The summed E-state index contributed by atoms with van der Waals surface area (Å²) in [6, 6.07) is 8.78. The van der Waals surface area contributed by atoms with Crippen LogP contribution >= 0.6 is 15.9 Å². The van der Waals surface area contributed by atoms with Gasteiger partial charge < -0.3 is 5.32 Å². The zero-order valence-electron chi connectivity index (χ0n) is 11.9. The lowest BCUT2D eigenvalue weighted by Crippen LogP contribution is -2.34. The van der Waals surface area contributed by atoms with Crippen molar-refractivity contribution in [2.45, 2.75) is 32.2 Å². The van der Waals surface area contributed by atoms with E-state index in [4.69, 9.17) is 0 Å². The second kappa shape index (κ2) is 7.50. The lowest BCUT2D eigenvalue weighted by Gasteiger charge is -2.17. The van der Waals surface area contributed by atoms with Gasteiger partial charge in [-0.25, -0.2) is 0 Å². The van der Waals surface area contributed by atoms with E-state index in [-0.39, 0.29) is 0 Å². The molecule has 0 saturated carbocycles. The van der Waals surface area contributed by atoms with E-state index in [9.17, 15) is 0 Å². The SMILES string of the molecule is CCCNC(Cc1ccc(Br)cc1)Cc1nnn(C)n1. The quantitative estimate of drug-likeness (QED) is 0.840. The molecule has 0 saturated heterocycles. The fourth-order valence-corrected chi connectivity index (χ4v) is 2.36. The zero-order chi connectivity index (χ0) is 14.4. The Labute approximate surface area is 127 Å². The molecule has 5 nitrogen and oxygen atoms in total. The molecule has 0 bridgehead atoms. The normalized spacial score (nSPS) is 12.6. The van der Waals surface area contributed by atoms with Gasteiger partial charge in [-0.15, -0.1) is 10.2 Å². The number of nitrogens with zero attached hydrogens (tertiary/aromatic N) is 4. The Hall–Kier alpha value is -1.27. The predicted molar refractivity (Wildman–Crippen MR) is 82.4 cm³/mol. The summed E-state index contributed by atoms with van der Waals surface area (Å²) in [4.78, 5) is 1.51. The van der Waals surface area contributed by atoms with Crippen molar-refractivity contribution in [1.29, 1.82) is 0 Å². The number of tetrazole rings is 1. The molecule has 0 radical (unpaired) electrons. The molecule has 1 aromatic heterocycles.